The Morgan fingerprint density at radius 1 is 0.415 bits per heavy atom. The second-order valence-electron chi connectivity index (χ2n) is 14.1. The Morgan fingerprint density at radius 2 is 1.11 bits per heavy atom. The van der Waals surface area contributed by atoms with Crippen molar-refractivity contribution >= 4 is 102 Å². The van der Waals surface area contributed by atoms with Gasteiger partial charge in [0.1, 0.15) is 5.69 Å². The van der Waals surface area contributed by atoms with Crippen LogP contribution in [0.5, 0.6) is 0 Å². The predicted octanol–water partition coefficient (Wildman–Crippen LogP) is 13.0. The summed E-state index contributed by atoms with van der Waals surface area (Å²) in [5.74, 6) is 0.834. The SMILES string of the molecule is c1ccc(-c2ccc(-c3nc4ccc5ccccc5c4nc3-n3c4ccc5sc6ccc7c8ccccc8n8c9cccc3c9c4c5c6c78)cc2)cc1. The van der Waals surface area contributed by atoms with Crippen molar-refractivity contribution in [3.8, 4) is 28.2 Å². The fourth-order valence-corrected chi connectivity index (χ4v) is 10.3. The first-order chi connectivity index (χ1) is 26.3. The van der Waals surface area contributed by atoms with Crippen LogP contribution in [0.15, 0.2) is 158 Å². The minimum atomic E-state index is 0.834. The third-order valence-electron chi connectivity index (χ3n) is 11.4. The molecule has 244 valence electrons. The number of nitrogens with zero attached hydrogens (tertiary/aromatic N) is 4. The average molecular weight is 691 g/mol. The first kappa shape index (κ1) is 27.8. The van der Waals surface area contributed by atoms with E-state index in [4.69, 9.17) is 9.97 Å². The smallest absolute Gasteiger partial charge is 0.165 e. The first-order valence-electron chi connectivity index (χ1n) is 18.0. The Kier molecular flexibility index (Phi) is 5.22. The second-order valence-corrected chi connectivity index (χ2v) is 15.2. The topological polar surface area (TPSA) is 35.1 Å². The Morgan fingerprint density at radius 3 is 2.02 bits per heavy atom. The minimum Gasteiger partial charge on any atom is -0.308 e. The van der Waals surface area contributed by atoms with E-state index in [1.807, 2.05) is 11.3 Å². The number of thiophene rings is 1. The summed E-state index contributed by atoms with van der Waals surface area (Å²) in [6.45, 7) is 0. The lowest BCUT2D eigenvalue weighted by atomic mass is 10.0. The molecule has 0 saturated carbocycles. The fourth-order valence-electron chi connectivity index (χ4n) is 9.18. The Hall–Kier alpha value is -6.82. The molecule has 0 aliphatic carbocycles. The first-order valence-corrected chi connectivity index (χ1v) is 18.8. The molecule has 0 aliphatic rings. The maximum Gasteiger partial charge on any atom is 0.165 e. The number of rotatable bonds is 3. The lowest BCUT2D eigenvalue weighted by Crippen LogP contribution is -2.04. The molecule has 53 heavy (non-hydrogen) atoms. The van der Waals surface area contributed by atoms with Crippen LogP contribution in [0, 0.1) is 0 Å². The summed E-state index contributed by atoms with van der Waals surface area (Å²) < 4.78 is 7.53. The van der Waals surface area contributed by atoms with Gasteiger partial charge in [-0.3, -0.25) is 4.57 Å². The van der Waals surface area contributed by atoms with Crippen LogP contribution in [0.1, 0.15) is 0 Å². The molecule has 0 saturated heterocycles. The van der Waals surface area contributed by atoms with E-state index in [-0.39, 0.29) is 0 Å². The molecule has 4 nitrogen and oxygen atoms in total. The van der Waals surface area contributed by atoms with E-state index >= 15 is 0 Å². The molecule has 0 aliphatic heterocycles. The normalized spacial score (nSPS) is 12.5. The van der Waals surface area contributed by atoms with Crippen LogP contribution >= 0.6 is 11.3 Å². The van der Waals surface area contributed by atoms with Crippen LogP contribution in [0.3, 0.4) is 0 Å². The Bertz CT molecular complexity index is 3610. The lowest BCUT2D eigenvalue weighted by Gasteiger charge is -2.15. The maximum atomic E-state index is 5.65. The molecule has 13 rings (SSSR count). The highest BCUT2D eigenvalue weighted by Gasteiger charge is 2.27. The zero-order valence-electron chi connectivity index (χ0n) is 28.2. The summed E-state index contributed by atoms with van der Waals surface area (Å²) in [5, 5.41) is 10.0. The van der Waals surface area contributed by atoms with Crippen molar-refractivity contribution in [3.63, 3.8) is 0 Å². The van der Waals surface area contributed by atoms with E-state index in [0.717, 1.165) is 49.9 Å². The molecular formula is C48H26N4S. The van der Waals surface area contributed by atoms with Crippen molar-refractivity contribution in [2.75, 3.05) is 0 Å². The van der Waals surface area contributed by atoms with E-state index < -0.39 is 0 Å². The van der Waals surface area contributed by atoms with Gasteiger partial charge >= 0.3 is 0 Å². The van der Waals surface area contributed by atoms with Crippen molar-refractivity contribution in [2.45, 2.75) is 0 Å². The highest BCUT2D eigenvalue weighted by atomic mass is 32.1. The van der Waals surface area contributed by atoms with Gasteiger partial charge in [0.2, 0.25) is 0 Å². The molecule has 5 heteroatoms. The van der Waals surface area contributed by atoms with Crippen molar-refractivity contribution in [1.29, 1.82) is 0 Å². The highest BCUT2D eigenvalue weighted by molar-refractivity contribution is 7.26. The predicted molar refractivity (Wildman–Crippen MR) is 223 cm³/mol. The van der Waals surface area contributed by atoms with Crippen LogP contribution in [0.25, 0.3) is 119 Å². The Labute approximate surface area is 306 Å². The number of hydrogen-bond donors (Lipinski definition) is 0. The lowest BCUT2D eigenvalue weighted by molar-refractivity contribution is 1.08. The van der Waals surface area contributed by atoms with Gasteiger partial charge in [-0.1, -0.05) is 115 Å². The van der Waals surface area contributed by atoms with Crippen LogP contribution in [-0.4, -0.2) is 18.9 Å². The fraction of sp³-hybridized carbons (Fsp3) is 0. The molecule has 0 N–H and O–H groups in total. The zero-order chi connectivity index (χ0) is 34.4. The molecule has 13 aromatic rings. The molecule has 0 spiro atoms. The monoisotopic (exact) mass is 690 g/mol. The van der Waals surface area contributed by atoms with Gasteiger partial charge < -0.3 is 4.40 Å². The third-order valence-corrected chi connectivity index (χ3v) is 12.5. The molecule has 0 fully saturated rings. The van der Waals surface area contributed by atoms with Gasteiger partial charge in [-0.05, 0) is 59.0 Å². The van der Waals surface area contributed by atoms with E-state index in [9.17, 15) is 0 Å². The second kappa shape index (κ2) is 9.94. The summed E-state index contributed by atoms with van der Waals surface area (Å²) in [7, 11) is 0. The van der Waals surface area contributed by atoms with Gasteiger partial charge in [0.15, 0.2) is 5.82 Å². The summed E-state index contributed by atoms with van der Waals surface area (Å²) in [6.07, 6.45) is 0. The van der Waals surface area contributed by atoms with Crippen molar-refractivity contribution in [1.82, 2.24) is 18.9 Å². The highest BCUT2D eigenvalue weighted by Crippen LogP contribution is 2.50. The van der Waals surface area contributed by atoms with Gasteiger partial charge in [-0.25, -0.2) is 9.97 Å². The summed E-state index contributed by atoms with van der Waals surface area (Å²) in [4.78, 5) is 11.1. The van der Waals surface area contributed by atoms with Crippen molar-refractivity contribution < 1.29 is 0 Å². The molecule has 0 radical (unpaired) electrons. The summed E-state index contributed by atoms with van der Waals surface area (Å²) in [5.41, 5.74) is 12.0. The van der Waals surface area contributed by atoms with Crippen molar-refractivity contribution in [2.24, 2.45) is 0 Å². The molecule has 0 bridgehead atoms. The molecule has 5 heterocycles. The third kappa shape index (κ3) is 3.54. The largest absolute Gasteiger partial charge is 0.308 e. The van der Waals surface area contributed by atoms with Crippen LogP contribution in [0.4, 0.5) is 0 Å². The molecule has 0 amide bonds. The van der Waals surface area contributed by atoms with Gasteiger partial charge in [0.05, 0.1) is 38.6 Å². The van der Waals surface area contributed by atoms with E-state index in [1.165, 1.54) is 69.4 Å². The Balaban J connectivity index is 1.22. The number of aromatic nitrogens is 4. The van der Waals surface area contributed by atoms with Crippen LogP contribution in [-0.2, 0) is 0 Å². The molecular weight excluding hydrogens is 665 g/mol. The quantitative estimate of drug-likeness (QED) is 0.173. The zero-order valence-corrected chi connectivity index (χ0v) is 29.0. The molecule has 0 atom stereocenters. The number of hydrogen-bond acceptors (Lipinski definition) is 3. The standard InChI is InChI=1S/C48H26N4S/c1-2-9-27(10-3-1)28-17-19-30(20-18-28)45-48(50-46-31-12-5-4-11-29(31)21-23-34(46)49-45)52-37-16-8-15-36-41(37)42-38(52)24-26-39-43(42)44-40(53-39)25-22-33-32-13-6-7-14-35(32)51(36)47(33)44/h1-26H. The molecule has 8 aromatic carbocycles. The van der Waals surface area contributed by atoms with Gasteiger partial charge in [-0.15, -0.1) is 11.3 Å². The summed E-state index contributed by atoms with van der Waals surface area (Å²) >= 11 is 1.89. The number of para-hydroxylation sites is 1. The molecule has 5 aromatic heterocycles. The maximum absolute atomic E-state index is 5.65. The van der Waals surface area contributed by atoms with Gasteiger partial charge in [0, 0.05) is 52.7 Å². The number of fused-ring (bicyclic) bond motifs is 7. The van der Waals surface area contributed by atoms with Crippen LogP contribution in [0.2, 0.25) is 0 Å². The summed E-state index contributed by atoms with van der Waals surface area (Å²) in [6, 6.07) is 57.0. The van der Waals surface area contributed by atoms with E-state index in [2.05, 4.69) is 167 Å². The average Bonchev–Trinajstić information content (AvgIpc) is 3.85. The van der Waals surface area contributed by atoms with Gasteiger partial charge in [0.25, 0.3) is 0 Å². The van der Waals surface area contributed by atoms with Crippen LogP contribution < -0.4 is 0 Å². The van der Waals surface area contributed by atoms with E-state index in [1.54, 1.807) is 0 Å². The molecule has 0 unspecified atom stereocenters. The minimum absolute atomic E-state index is 0.834. The van der Waals surface area contributed by atoms with Crippen molar-refractivity contribution in [3.05, 3.63) is 158 Å². The van der Waals surface area contributed by atoms with Gasteiger partial charge in [-0.2, -0.15) is 0 Å². The van der Waals surface area contributed by atoms with E-state index in [0.29, 0.717) is 0 Å². The number of benzene rings is 8.